The van der Waals surface area contributed by atoms with Crippen LogP contribution in [-0.4, -0.2) is 16.7 Å². The molecule has 74 valence electrons. The van der Waals surface area contributed by atoms with Gasteiger partial charge in [0.25, 0.3) is 5.89 Å². The largest absolute Gasteiger partial charge is 0.456 e. The lowest BCUT2D eigenvalue weighted by molar-refractivity contribution is 0.473. The summed E-state index contributed by atoms with van der Waals surface area (Å²) >= 11 is 0. The highest BCUT2D eigenvalue weighted by atomic mass is 16.4. The third kappa shape index (κ3) is 1.67. The number of hydrogen-bond acceptors (Lipinski definition) is 5. The predicted octanol–water partition coefficient (Wildman–Crippen LogP) is 1.14. The van der Waals surface area contributed by atoms with E-state index in [0.717, 1.165) is 5.76 Å². The molecule has 5 nitrogen and oxygen atoms in total. The van der Waals surface area contributed by atoms with Crippen LogP contribution in [0.15, 0.2) is 21.0 Å². The number of nitrogens with two attached hydrogens (primary N) is 1. The Hall–Kier alpha value is -1.62. The molecule has 14 heavy (non-hydrogen) atoms. The average molecular weight is 193 g/mol. The van der Waals surface area contributed by atoms with Crippen LogP contribution in [0, 0.1) is 6.92 Å². The summed E-state index contributed by atoms with van der Waals surface area (Å²) in [5, 5.41) is 7.69. The van der Waals surface area contributed by atoms with Crippen LogP contribution in [0.3, 0.4) is 0 Å². The molecule has 0 fully saturated rings. The fraction of sp³-hybridized carbons (Fsp3) is 0.333. The third-order valence-corrected chi connectivity index (χ3v) is 1.78. The fourth-order valence-electron chi connectivity index (χ4n) is 1.13. The van der Waals surface area contributed by atoms with E-state index in [-0.39, 0.29) is 0 Å². The number of hydrogen-bond donors (Lipinski definition) is 1. The Morgan fingerprint density at radius 1 is 1.29 bits per heavy atom. The van der Waals surface area contributed by atoms with Gasteiger partial charge in [-0.2, -0.15) is 0 Å². The molecule has 0 aliphatic rings. The maximum atomic E-state index is 5.36. The summed E-state index contributed by atoms with van der Waals surface area (Å²) in [6.45, 7) is 2.36. The molecule has 0 saturated heterocycles. The first-order valence-electron chi connectivity index (χ1n) is 4.39. The van der Waals surface area contributed by atoms with Crippen molar-refractivity contribution in [1.82, 2.24) is 10.2 Å². The van der Waals surface area contributed by atoms with Crippen LogP contribution < -0.4 is 5.73 Å². The number of nitrogens with zero attached hydrogens (tertiary/aromatic N) is 2. The molecule has 2 rings (SSSR count). The Bertz CT molecular complexity index is 419. The molecule has 0 atom stereocenters. The van der Waals surface area contributed by atoms with Gasteiger partial charge in [-0.15, -0.1) is 10.2 Å². The first-order valence-corrected chi connectivity index (χ1v) is 4.39. The number of rotatable bonds is 3. The first kappa shape index (κ1) is 8.96. The van der Waals surface area contributed by atoms with E-state index in [4.69, 9.17) is 14.6 Å². The van der Waals surface area contributed by atoms with Crippen LogP contribution in [0.4, 0.5) is 0 Å². The van der Waals surface area contributed by atoms with E-state index in [2.05, 4.69) is 10.2 Å². The summed E-state index contributed by atoms with van der Waals surface area (Å²) in [5.41, 5.74) is 5.36. The molecule has 0 spiro atoms. The number of aromatic nitrogens is 2. The molecule has 2 aromatic rings. The van der Waals surface area contributed by atoms with E-state index in [0.29, 0.717) is 30.5 Å². The normalized spacial score (nSPS) is 10.7. The molecule has 0 aliphatic carbocycles. The molecule has 0 amide bonds. The number of aryl methyl sites for hydroxylation is 1. The summed E-state index contributed by atoms with van der Waals surface area (Å²) in [6, 6.07) is 3.65. The van der Waals surface area contributed by atoms with Crippen molar-refractivity contribution >= 4 is 0 Å². The standard InChI is InChI=1S/C9H11N3O2/c1-6-2-3-7(13-6)9-12-11-8(14-9)4-5-10/h2-3H,4-5,10H2,1H3. The van der Waals surface area contributed by atoms with Gasteiger partial charge in [-0.25, -0.2) is 0 Å². The summed E-state index contributed by atoms with van der Waals surface area (Å²) in [7, 11) is 0. The fourth-order valence-corrected chi connectivity index (χ4v) is 1.13. The molecular weight excluding hydrogens is 182 g/mol. The van der Waals surface area contributed by atoms with Gasteiger partial charge in [0.1, 0.15) is 5.76 Å². The second-order valence-corrected chi connectivity index (χ2v) is 2.95. The topological polar surface area (TPSA) is 78.1 Å². The molecule has 0 bridgehead atoms. The Morgan fingerprint density at radius 2 is 2.14 bits per heavy atom. The van der Waals surface area contributed by atoms with E-state index in [9.17, 15) is 0 Å². The van der Waals surface area contributed by atoms with Crippen LogP contribution >= 0.6 is 0 Å². The average Bonchev–Trinajstić information content (AvgIpc) is 2.74. The minimum Gasteiger partial charge on any atom is -0.456 e. The van der Waals surface area contributed by atoms with Crippen molar-refractivity contribution in [2.24, 2.45) is 5.73 Å². The Kier molecular flexibility index (Phi) is 2.32. The predicted molar refractivity (Wildman–Crippen MR) is 49.5 cm³/mol. The van der Waals surface area contributed by atoms with Crippen LogP contribution in [0.5, 0.6) is 0 Å². The molecule has 2 heterocycles. The van der Waals surface area contributed by atoms with Crippen LogP contribution in [0.1, 0.15) is 11.7 Å². The Labute approximate surface area is 80.9 Å². The lowest BCUT2D eigenvalue weighted by Crippen LogP contribution is -2.02. The van der Waals surface area contributed by atoms with Crippen molar-refractivity contribution in [2.45, 2.75) is 13.3 Å². The van der Waals surface area contributed by atoms with E-state index >= 15 is 0 Å². The Morgan fingerprint density at radius 3 is 2.79 bits per heavy atom. The zero-order valence-corrected chi connectivity index (χ0v) is 7.86. The lowest BCUT2D eigenvalue weighted by atomic mass is 10.4. The van der Waals surface area contributed by atoms with Gasteiger partial charge in [-0.3, -0.25) is 0 Å². The SMILES string of the molecule is Cc1ccc(-c2nnc(CCN)o2)o1. The summed E-state index contributed by atoms with van der Waals surface area (Å²) in [5.74, 6) is 2.36. The van der Waals surface area contributed by atoms with Crippen molar-refractivity contribution in [3.05, 3.63) is 23.8 Å². The van der Waals surface area contributed by atoms with E-state index < -0.39 is 0 Å². The van der Waals surface area contributed by atoms with Crippen molar-refractivity contribution in [2.75, 3.05) is 6.54 Å². The summed E-state index contributed by atoms with van der Waals surface area (Å²) < 4.78 is 10.7. The number of furan rings is 1. The minimum absolute atomic E-state index is 0.404. The summed E-state index contributed by atoms with van der Waals surface area (Å²) in [6.07, 6.45) is 0.590. The van der Waals surface area contributed by atoms with E-state index in [1.807, 2.05) is 13.0 Å². The van der Waals surface area contributed by atoms with Gasteiger partial charge in [0.2, 0.25) is 5.89 Å². The maximum absolute atomic E-state index is 5.36. The van der Waals surface area contributed by atoms with Gasteiger partial charge >= 0.3 is 0 Å². The monoisotopic (exact) mass is 193 g/mol. The molecule has 0 unspecified atom stereocenters. The lowest BCUT2D eigenvalue weighted by Gasteiger charge is -1.87. The van der Waals surface area contributed by atoms with Gasteiger partial charge in [0, 0.05) is 13.0 Å². The van der Waals surface area contributed by atoms with Crippen LogP contribution in [-0.2, 0) is 6.42 Å². The maximum Gasteiger partial charge on any atom is 0.283 e. The zero-order valence-electron chi connectivity index (χ0n) is 7.86. The Balaban J connectivity index is 2.24. The van der Waals surface area contributed by atoms with Crippen LogP contribution in [0.25, 0.3) is 11.7 Å². The van der Waals surface area contributed by atoms with E-state index in [1.54, 1.807) is 6.07 Å². The first-order chi connectivity index (χ1) is 6.79. The molecule has 2 aromatic heterocycles. The van der Waals surface area contributed by atoms with Crippen molar-refractivity contribution < 1.29 is 8.83 Å². The highest BCUT2D eigenvalue weighted by Crippen LogP contribution is 2.20. The quantitative estimate of drug-likeness (QED) is 0.790. The van der Waals surface area contributed by atoms with Gasteiger partial charge < -0.3 is 14.6 Å². The highest BCUT2D eigenvalue weighted by molar-refractivity contribution is 5.43. The van der Waals surface area contributed by atoms with Crippen molar-refractivity contribution in [3.8, 4) is 11.7 Å². The molecule has 2 N–H and O–H groups in total. The van der Waals surface area contributed by atoms with Crippen LogP contribution in [0.2, 0.25) is 0 Å². The van der Waals surface area contributed by atoms with E-state index in [1.165, 1.54) is 0 Å². The molecule has 0 aliphatic heterocycles. The molecule has 0 aromatic carbocycles. The van der Waals surface area contributed by atoms with Gasteiger partial charge in [-0.05, 0) is 19.1 Å². The smallest absolute Gasteiger partial charge is 0.283 e. The molecule has 0 radical (unpaired) electrons. The van der Waals surface area contributed by atoms with Crippen molar-refractivity contribution in [3.63, 3.8) is 0 Å². The minimum atomic E-state index is 0.404. The zero-order chi connectivity index (χ0) is 9.97. The van der Waals surface area contributed by atoms with Gasteiger partial charge in [-0.1, -0.05) is 0 Å². The third-order valence-electron chi connectivity index (χ3n) is 1.78. The highest BCUT2D eigenvalue weighted by Gasteiger charge is 2.10. The van der Waals surface area contributed by atoms with Gasteiger partial charge in [0.15, 0.2) is 5.76 Å². The van der Waals surface area contributed by atoms with Gasteiger partial charge in [0.05, 0.1) is 0 Å². The molecule has 0 saturated carbocycles. The molecule has 5 heteroatoms. The van der Waals surface area contributed by atoms with Crippen molar-refractivity contribution in [1.29, 1.82) is 0 Å². The summed E-state index contributed by atoms with van der Waals surface area (Å²) in [4.78, 5) is 0. The second-order valence-electron chi connectivity index (χ2n) is 2.95. The second kappa shape index (κ2) is 3.63. The molecular formula is C9H11N3O2.